The van der Waals surface area contributed by atoms with Gasteiger partial charge >= 0.3 is 0 Å². The molecule has 21 heavy (non-hydrogen) atoms. The third-order valence-electron chi connectivity index (χ3n) is 5.25. The number of ether oxygens (including phenoxy) is 1. The Balaban J connectivity index is 2.19. The summed E-state index contributed by atoms with van der Waals surface area (Å²) in [4.78, 5) is 4.65. The van der Waals surface area contributed by atoms with E-state index in [1.807, 2.05) is 7.05 Å². The summed E-state index contributed by atoms with van der Waals surface area (Å²) in [6.45, 7) is 8.83. The maximum atomic E-state index is 5.84. The van der Waals surface area contributed by atoms with E-state index in [0.29, 0.717) is 23.2 Å². The van der Waals surface area contributed by atoms with Crippen LogP contribution in [-0.2, 0) is 10.3 Å². The van der Waals surface area contributed by atoms with Crippen LogP contribution in [-0.4, -0.2) is 30.3 Å². The Bertz CT molecular complexity index is 460. The summed E-state index contributed by atoms with van der Waals surface area (Å²) in [5.74, 6) is 1.59. The lowest BCUT2D eigenvalue weighted by Crippen LogP contribution is -2.37. The van der Waals surface area contributed by atoms with Crippen LogP contribution >= 0.6 is 0 Å². The molecule has 1 saturated carbocycles. The minimum absolute atomic E-state index is 0.185. The van der Waals surface area contributed by atoms with E-state index in [0.717, 1.165) is 25.7 Å². The van der Waals surface area contributed by atoms with Crippen LogP contribution in [0.1, 0.15) is 71.0 Å². The molecule has 0 saturated heterocycles. The normalized spacial score (nSPS) is 23.7. The van der Waals surface area contributed by atoms with Gasteiger partial charge in [-0.05, 0) is 45.1 Å². The van der Waals surface area contributed by atoms with Gasteiger partial charge in [-0.3, -0.25) is 0 Å². The molecule has 2 unspecified atom stereocenters. The lowest BCUT2D eigenvalue weighted by Gasteiger charge is -2.40. The molecule has 2 rings (SSSR count). The molecule has 0 aromatic carbocycles. The molecule has 1 aliphatic carbocycles. The van der Waals surface area contributed by atoms with Crippen molar-refractivity contribution in [3.05, 3.63) is 11.7 Å². The molecule has 1 aromatic rings. The zero-order valence-corrected chi connectivity index (χ0v) is 14.2. The highest BCUT2D eigenvalue weighted by atomic mass is 16.5. The van der Waals surface area contributed by atoms with Gasteiger partial charge < -0.3 is 14.6 Å². The van der Waals surface area contributed by atoms with Gasteiger partial charge in [0.25, 0.3) is 0 Å². The number of nitrogens with one attached hydrogen (secondary N) is 1. The van der Waals surface area contributed by atoms with Gasteiger partial charge in [0.05, 0.1) is 5.92 Å². The number of aromatic nitrogens is 2. The zero-order valence-electron chi connectivity index (χ0n) is 14.2. The summed E-state index contributed by atoms with van der Waals surface area (Å²) >= 11 is 0. The largest absolute Gasteiger partial charge is 0.370 e. The molecule has 0 aliphatic heterocycles. The molecular weight excluding hydrogens is 266 g/mol. The van der Waals surface area contributed by atoms with Crippen molar-refractivity contribution in [3.63, 3.8) is 0 Å². The minimum Gasteiger partial charge on any atom is -0.370 e. The van der Waals surface area contributed by atoms with Gasteiger partial charge in [0, 0.05) is 13.2 Å². The third-order valence-corrected chi connectivity index (χ3v) is 5.25. The second kappa shape index (κ2) is 6.05. The fraction of sp³-hybridized carbons (Fsp3) is 0.875. The number of likely N-dealkylation sites (N-methyl/N-ethyl adjacent to an activating group) is 1. The molecule has 1 fully saturated rings. The Hall–Kier alpha value is -0.940. The molecule has 1 aliphatic rings. The van der Waals surface area contributed by atoms with Gasteiger partial charge in [0.1, 0.15) is 5.60 Å². The average molecular weight is 295 g/mol. The first-order chi connectivity index (χ1) is 9.83. The van der Waals surface area contributed by atoms with E-state index >= 15 is 0 Å². The van der Waals surface area contributed by atoms with Crippen molar-refractivity contribution in [2.45, 2.75) is 70.9 Å². The van der Waals surface area contributed by atoms with Crippen LogP contribution in [0.2, 0.25) is 0 Å². The van der Waals surface area contributed by atoms with Crippen LogP contribution in [0, 0.1) is 5.41 Å². The van der Waals surface area contributed by atoms with Crippen molar-refractivity contribution in [2.24, 2.45) is 5.41 Å². The van der Waals surface area contributed by atoms with Crippen molar-refractivity contribution in [1.82, 2.24) is 15.5 Å². The van der Waals surface area contributed by atoms with Crippen LogP contribution in [0.3, 0.4) is 0 Å². The fourth-order valence-corrected chi connectivity index (χ4v) is 2.92. The van der Waals surface area contributed by atoms with Crippen molar-refractivity contribution >= 4 is 0 Å². The Morgan fingerprint density at radius 2 is 1.81 bits per heavy atom. The molecule has 1 N–H and O–H groups in total. The van der Waals surface area contributed by atoms with Crippen LogP contribution < -0.4 is 5.32 Å². The molecule has 5 heteroatoms. The predicted molar refractivity (Wildman–Crippen MR) is 82.2 cm³/mol. The standard InChI is InChI=1S/C16H29N3O2/c1-11(12(2)17-5)13-18-14(19-21-13)16(20-6)9-7-15(3,4)8-10-16/h11-12,17H,7-10H2,1-6H3. The first-order valence-corrected chi connectivity index (χ1v) is 7.90. The summed E-state index contributed by atoms with van der Waals surface area (Å²) in [6.07, 6.45) is 4.14. The highest BCUT2D eigenvalue weighted by molar-refractivity contribution is 5.07. The molecule has 0 bridgehead atoms. The number of methoxy groups -OCH3 is 1. The molecule has 0 spiro atoms. The Labute approximate surface area is 127 Å². The van der Waals surface area contributed by atoms with Crippen LogP contribution in [0.15, 0.2) is 4.52 Å². The molecule has 0 amide bonds. The summed E-state index contributed by atoms with van der Waals surface area (Å²) in [5.41, 5.74) is 0.00238. The van der Waals surface area contributed by atoms with Gasteiger partial charge in [0.15, 0.2) is 0 Å². The van der Waals surface area contributed by atoms with Gasteiger partial charge in [-0.25, -0.2) is 0 Å². The SMILES string of the molecule is CNC(C)C(C)c1nc(C2(OC)CCC(C)(C)CC2)no1. The summed E-state index contributed by atoms with van der Waals surface area (Å²) < 4.78 is 11.3. The topological polar surface area (TPSA) is 60.2 Å². The van der Waals surface area contributed by atoms with Crippen LogP contribution in [0.25, 0.3) is 0 Å². The van der Waals surface area contributed by atoms with E-state index in [2.05, 4.69) is 43.2 Å². The lowest BCUT2D eigenvalue weighted by atomic mass is 9.70. The molecule has 1 heterocycles. The van der Waals surface area contributed by atoms with E-state index in [1.54, 1.807) is 7.11 Å². The van der Waals surface area contributed by atoms with Crippen LogP contribution in [0.4, 0.5) is 0 Å². The molecule has 5 nitrogen and oxygen atoms in total. The van der Waals surface area contributed by atoms with Crippen molar-refractivity contribution in [3.8, 4) is 0 Å². The Morgan fingerprint density at radius 3 is 2.33 bits per heavy atom. The molecular formula is C16H29N3O2. The predicted octanol–water partition coefficient (Wildman–Crippen LogP) is 3.22. The third kappa shape index (κ3) is 3.29. The summed E-state index contributed by atoms with van der Waals surface area (Å²) in [7, 11) is 3.70. The van der Waals surface area contributed by atoms with Gasteiger partial charge in [-0.15, -0.1) is 0 Å². The van der Waals surface area contributed by atoms with Gasteiger partial charge in [-0.1, -0.05) is 25.9 Å². The molecule has 120 valence electrons. The first-order valence-electron chi connectivity index (χ1n) is 7.90. The Kier molecular flexibility index (Phi) is 4.73. The Morgan fingerprint density at radius 1 is 1.19 bits per heavy atom. The summed E-state index contributed by atoms with van der Waals surface area (Å²) in [5, 5.41) is 7.46. The minimum atomic E-state index is -0.375. The highest BCUT2D eigenvalue weighted by Crippen LogP contribution is 2.46. The van der Waals surface area contributed by atoms with Crippen LogP contribution in [0.5, 0.6) is 0 Å². The summed E-state index contributed by atoms with van der Waals surface area (Å²) in [6, 6.07) is 0.294. The second-order valence-electron chi connectivity index (χ2n) is 7.18. The van der Waals surface area contributed by atoms with Crippen molar-refractivity contribution in [2.75, 3.05) is 14.2 Å². The second-order valence-corrected chi connectivity index (χ2v) is 7.18. The van der Waals surface area contributed by atoms with Gasteiger partial charge in [-0.2, -0.15) is 4.98 Å². The monoisotopic (exact) mass is 295 g/mol. The quantitative estimate of drug-likeness (QED) is 0.903. The molecule has 2 atom stereocenters. The number of hydrogen-bond donors (Lipinski definition) is 1. The number of nitrogens with zero attached hydrogens (tertiary/aromatic N) is 2. The zero-order chi connectivity index (χ0) is 15.7. The molecule has 1 aromatic heterocycles. The average Bonchev–Trinajstić information content (AvgIpc) is 2.96. The van der Waals surface area contributed by atoms with Gasteiger partial charge in [0.2, 0.25) is 11.7 Å². The van der Waals surface area contributed by atoms with Crippen molar-refractivity contribution < 1.29 is 9.26 Å². The first kappa shape index (κ1) is 16.4. The maximum Gasteiger partial charge on any atom is 0.231 e. The van der Waals surface area contributed by atoms with E-state index in [1.165, 1.54) is 0 Å². The van der Waals surface area contributed by atoms with E-state index < -0.39 is 0 Å². The van der Waals surface area contributed by atoms with Crippen molar-refractivity contribution in [1.29, 1.82) is 0 Å². The maximum absolute atomic E-state index is 5.84. The number of rotatable bonds is 5. The highest BCUT2D eigenvalue weighted by Gasteiger charge is 2.43. The smallest absolute Gasteiger partial charge is 0.231 e. The van der Waals surface area contributed by atoms with E-state index in [-0.39, 0.29) is 11.5 Å². The van der Waals surface area contributed by atoms with E-state index in [4.69, 9.17) is 9.26 Å². The lowest BCUT2D eigenvalue weighted by molar-refractivity contribution is -0.0740. The van der Waals surface area contributed by atoms with E-state index in [9.17, 15) is 0 Å². The number of hydrogen-bond acceptors (Lipinski definition) is 5. The molecule has 0 radical (unpaired) electrons. The fourth-order valence-electron chi connectivity index (χ4n) is 2.92.